The lowest BCUT2D eigenvalue weighted by Crippen LogP contribution is -2.00. The maximum Gasteiger partial charge on any atom is 0.300 e. The van der Waals surface area contributed by atoms with E-state index in [0.29, 0.717) is 17.7 Å². The molecule has 0 aliphatic carbocycles. The summed E-state index contributed by atoms with van der Waals surface area (Å²) in [6.45, 7) is 0.544. The van der Waals surface area contributed by atoms with Crippen molar-refractivity contribution in [1.29, 1.82) is 0 Å². The average molecular weight is 271 g/mol. The summed E-state index contributed by atoms with van der Waals surface area (Å²) in [5, 5.41) is 21.3. The summed E-state index contributed by atoms with van der Waals surface area (Å²) in [6, 6.07) is 6.71. The summed E-state index contributed by atoms with van der Waals surface area (Å²) >= 11 is 0. The van der Waals surface area contributed by atoms with Crippen LogP contribution in [0.25, 0.3) is 11.0 Å². The molecule has 0 bridgehead atoms. The summed E-state index contributed by atoms with van der Waals surface area (Å²) in [5.74, 6) is 0. The summed E-state index contributed by atoms with van der Waals surface area (Å²) in [4.78, 5) is 14.3. The number of nitrogens with one attached hydrogen (secondary N) is 1. The first kappa shape index (κ1) is 12.0. The first-order valence-corrected chi connectivity index (χ1v) is 5.78. The van der Waals surface area contributed by atoms with E-state index in [2.05, 4.69) is 25.2 Å². The Morgan fingerprint density at radius 1 is 1.15 bits per heavy atom. The van der Waals surface area contributed by atoms with Crippen LogP contribution >= 0.6 is 0 Å². The Bertz CT molecular complexity index is 756. The van der Waals surface area contributed by atoms with Gasteiger partial charge in [0.2, 0.25) is 5.52 Å². The van der Waals surface area contributed by atoms with E-state index in [1.54, 1.807) is 18.5 Å². The highest BCUT2D eigenvalue weighted by molar-refractivity contribution is 5.93. The highest BCUT2D eigenvalue weighted by Gasteiger charge is 2.19. The van der Waals surface area contributed by atoms with Gasteiger partial charge in [-0.2, -0.15) is 0 Å². The highest BCUT2D eigenvalue weighted by Crippen LogP contribution is 2.28. The highest BCUT2D eigenvalue weighted by atomic mass is 16.6. The van der Waals surface area contributed by atoms with Crippen LogP contribution in [0.1, 0.15) is 5.56 Å². The second kappa shape index (κ2) is 4.92. The van der Waals surface area contributed by atoms with Gasteiger partial charge in [0.15, 0.2) is 5.52 Å². The predicted molar refractivity (Wildman–Crippen MR) is 70.0 cm³/mol. The average Bonchev–Trinajstić information content (AvgIpc) is 2.95. The number of hydrogen-bond acceptors (Lipinski definition) is 7. The monoisotopic (exact) mass is 271 g/mol. The summed E-state index contributed by atoms with van der Waals surface area (Å²) in [6.07, 6.45) is 3.39. The molecule has 2 heterocycles. The Hall–Kier alpha value is -3.03. The van der Waals surface area contributed by atoms with Gasteiger partial charge in [0.05, 0.1) is 10.6 Å². The minimum atomic E-state index is -0.515. The molecule has 3 aromatic rings. The molecule has 0 fully saturated rings. The zero-order valence-corrected chi connectivity index (χ0v) is 10.2. The largest absolute Gasteiger partial charge is 0.379 e. The van der Waals surface area contributed by atoms with Crippen molar-refractivity contribution in [2.45, 2.75) is 6.54 Å². The van der Waals surface area contributed by atoms with Crippen LogP contribution in [0.3, 0.4) is 0 Å². The van der Waals surface area contributed by atoms with E-state index < -0.39 is 4.92 Å². The van der Waals surface area contributed by atoms with Gasteiger partial charge < -0.3 is 5.32 Å². The molecule has 8 nitrogen and oxygen atoms in total. The normalized spacial score (nSPS) is 10.6. The zero-order chi connectivity index (χ0) is 13.9. The molecular weight excluding hydrogens is 262 g/mol. The van der Waals surface area contributed by atoms with E-state index in [1.165, 1.54) is 6.07 Å². The number of non-ortho nitro benzene ring substituents is 1. The third kappa shape index (κ3) is 2.14. The van der Waals surface area contributed by atoms with E-state index in [0.717, 1.165) is 5.56 Å². The van der Waals surface area contributed by atoms with Gasteiger partial charge in [-0.05, 0) is 34.1 Å². The first-order valence-electron chi connectivity index (χ1n) is 5.78. The van der Waals surface area contributed by atoms with E-state index in [1.807, 2.05) is 12.1 Å². The van der Waals surface area contributed by atoms with Gasteiger partial charge in [0, 0.05) is 25.0 Å². The van der Waals surface area contributed by atoms with Crippen LogP contribution in [0.2, 0.25) is 0 Å². The van der Waals surface area contributed by atoms with Crippen LogP contribution in [-0.2, 0) is 6.54 Å². The van der Waals surface area contributed by atoms with E-state index in [9.17, 15) is 10.1 Å². The lowest BCUT2D eigenvalue weighted by molar-refractivity contribution is -0.383. The standard InChI is InChI=1S/C12H9N5O3/c18-17(19)10-2-1-9(11-12(10)16-20-15-11)14-7-8-3-5-13-6-4-8/h1-6,14H,7H2. The molecule has 100 valence electrons. The van der Waals surface area contributed by atoms with Crippen molar-refractivity contribution in [3.8, 4) is 0 Å². The fourth-order valence-corrected chi connectivity index (χ4v) is 1.84. The topological polar surface area (TPSA) is 107 Å². The minimum Gasteiger partial charge on any atom is -0.379 e. The molecule has 0 aliphatic rings. The van der Waals surface area contributed by atoms with Crippen molar-refractivity contribution >= 4 is 22.4 Å². The van der Waals surface area contributed by atoms with Gasteiger partial charge in [0.1, 0.15) is 0 Å². The number of nitro groups is 1. The number of nitrogens with zero attached hydrogens (tertiary/aromatic N) is 4. The second-order valence-corrected chi connectivity index (χ2v) is 4.06. The molecule has 20 heavy (non-hydrogen) atoms. The molecular formula is C12H9N5O3. The van der Waals surface area contributed by atoms with Crippen LogP contribution in [0.4, 0.5) is 11.4 Å². The van der Waals surface area contributed by atoms with Gasteiger partial charge in [-0.3, -0.25) is 15.1 Å². The maximum absolute atomic E-state index is 10.9. The Balaban J connectivity index is 1.91. The third-order valence-corrected chi connectivity index (χ3v) is 2.82. The number of aromatic nitrogens is 3. The number of hydrogen-bond donors (Lipinski definition) is 1. The number of anilines is 1. The predicted octanol–water partition coefficient (Wildman–Crippen LogP) is 2.14. The molecule has 0 amide bonds. The van der Waals surface area contributed by atoms with Gasteiger partial charge in [-0.15, -0.1) is 0 Å². The number of pyridine rings is 1. The van der Waals surface area contributed by atoms with Crippen LogP contribution < -0.4 is 5.32 Å². The van der Waals surface area contributed by atoms with Gasteiger partial charge in [-0.1, -0.05) is 0 Å². The van der Waals surface area contributed by atoms with Gasteiger partial charge in [0.25, 0.3) is 0 Å². The fraction of sp³-hybridized carbons (Fsp3) is 0.0833. The van der Waals surface area contributed by atoms with E-state index in [4.69, 9.17) is 0 Å². The number of fused-ring (bicyclic) bond motifs is 1. The summed E-state index contributed by atoms with van der Waals surface area (Å²) in [5.41, 5.74) is 2.00. The van der Waals surface area contributed by atoms with Crippen LogP contribution in [0.5, 0.6) is 0 Å². The Morgan fingerprint density at radius 3 is 2.65 bits per heavy atom. The van der Waals surface area contributed by atoms with Crippen molar-refractivity contribution in [2.75, 3.05) is 5.32 Å². The molecule has 0 aliphatic heterocycles. The van der Waals surface area contributed by atoms with E-state index >= 15 is 0 Å². The van der Waals surface area contributed by atoms with Crippen molar-refractivity contribution in [2.24, 2.45) is 0 Å². The van der Waals surface area contributed by atoms with Crippen molar-refractivity contribution in [3.63, 3.8) is 0 Å². The molecule has 8 heteroatoms. The SMILES string of the molecule is O=[N+]([O-])c1ccc(NCc2ccncc2)c2nonc12. The molecule has 0 radical (unpaired) electrons. The zero-order valence-electron chi connectivity index (χ0n) is 10.2. The number of rotatable bonds is 4. The van der Waals surface area contributed by atoms with Crippen molar-refractivity contribution in [3.05, 3.63) is 52.3 Å². The minimum absolute atomic E-state index is 0.129. The molecule has 1 N–H and O–H groups in total. The lowest BCUT2D eigenvalue weighted by atomic mass is 10.2. The fourth-order valence-electron chi connectivity index (χ4n) is 1.84. The van der Waals surface area contributed by atoms with Crippen LogP contribution in [0.15, 0.2) is 41.3 Å². The molecule has 3 rings (SSSR count). The smallest absolute Gasteiger partial charge is 0.300 e. The molecule has 1 aromatic carbocycles. The third-order valence-electron chi connectivity index (χ3n) is 2.82. The van der Waals surface area contributed by atoms with Crippen LogP contribution in [-0.4, -0.2) is 20.2 Å². The molecule has 0 unspecified atom stereocenters. The quantitative estimate of drug-likeness (QED) is 0.572. The molecule has 0 saturated heterocycles. The lowest BCUT2D eigenvalue weighted by Gasteiger charge is -2.06. The molecule has 2 aromatic heterocycles. The molecule has 0 spiro atoms. The van der Waals surface area contributed by atoms with Crippen molar-refractivity contribution in [1.82, 2.24) is 15.3 Å². The summed E-state index contributed by atoms with van der Waals surface area (Å²) < 4.78 is 4.59. The molecule has 0 atom stereocenters. The first-order chi connectivity index (χ1) is 9.75. The maximum atomic E-state index is 10.9. The molecule has 0 saturated carbocycles. The summed E-state index contributed by atoms with van der Waals surface area (Å²) in [7, 11) is 0. The Morgan fingerprint density at radius 2 is 1.90 bits per heavy atom. The van der Waals surface area contributed by atoms with E-state index in [-0.39, 0.29) is 11.2 Å². The number of nitro benzene ring substituents is 1. The number of benzene rings is 1. The Kier molecular flexibility index (Phi) is 2.96. The van der Waals surface area contributed by atoms with Gasteiger partial charge >= 0.3 is 5.69 Å². The van der Waals surface area contributed by atoms with Crippen molar-refractivity contribution < 1.29 is 9.55 Å². The second-order valence-electron chi connectivity index (χ2n) is 4.06. The Labute approximate surface area is 112 Å². The van der Waals surface area contributed by atoms with Crippen LogP contribution in [0, 0.1) is 10.1 Å². The van der Waals surface area contributed by atoms with Gasteiger partial charge in [-0.25, -0.2) is 4.63 Å².